The van der Waals surface area contributed by atoms with E-state index in [1.165, 1.54) is 28.8 Å². The average molecular weight is 557 g/mol. The number of rotatable bonds is 8. The summed E-state index contributed by atoms with van der Waals surface area (Å²) in [6.07, 6.45) is 1.71. The summed E-state index contributed by atoms with van der Waals surface area (Å²) < 4.78 is 11.7. The van der Waals surface area contributed by atoms with Crippen LogP contribution in [0.5, 0.6) is 11.5 Å². The molecule has 0 atom stereocenters. The molecule has 1 amide bonds. The van der Waals surface area contributed by atoms with Gasteiger partial charge in [0, 0.05) is 12.1 Å². The first-order valence-electron chi connectivity index (χ1n) is 11.2. The summed E-state index contributed by atoms with van der Waals surface area (Å²) in [7, 11) is 1.61. The van der Waals surface area contributed by atoms with E-state index in [-0.39, 0.29) is 18.1 Å². The first kappa shape index (κ1) is 26.6. The van der Waals surface area contributed by atoms with Crippen LogP contribution in [0.1, 0.15) is 28.4 Å². The summed E-state index contributed by atoms with van der Waals surface area (Å²) >= 11 is 13.7. The van der Waals surface area contributed by atoms with Gasteiger partial charge in [-0.3, -0.25) is 9.69 Å². The van der Waals surface area contributed by atoms with Crippen molar-refractivity contribution in [1.29, 1.82) is 0 Å². The number of hydrogen-bond acceptors (Lipinski definition) is 6. The second-order valence-electron chi connectivity index (χ2n) is 7.90. The lowest BCUT2D eigenvalue weighted by molar-refractivity contribution is -0.121. The zero-order chi connectivity index (χ0) is 26.5. The van der Waals surface area contributed by atoms with Crippen LogP contribution in [-0.4, -0.2) is 40.7 Å². The summed E-state index contributed by atoms with van der Waals surface area (Å²) in [4.78, 5) is 30.5. The van der Waals surface area contributed by atoms with Crippen molar-refractivity contribution in [3.05, 3.63) is 92.3 Å². The average Bonchev–Trinajstić information content (AvgIpc) is 3.12. The Morgan fingerprint density at radius 1 is 1.11 bits per heavy atom. The Kier molecular flexibility index (Phi) is 8.43. The van der Waals surface area contributed by atoms with Crippen molar-refractivity contribution in [2.45, 2.75) is 13.5 Å². The molecule has 0 unspecified atom stereocenters. The molecule has 1 saturated heterocycles. The molecule has 1 N–H and O–H groups in total. The predicted octanol–water partition coefficient (Wildman–Crippen LogP) is 6.90. The first-order chi connectivity index (χ1) is 17.7. The highest BCUT2D eigenvalue weighted by molar-refractivity contribution is 8.18. The quantitative estimate of drug-likeness (QED) is 0.303. The third-order valence-electron chi connectivity index (χ3n) is 5.25. The number of aliphatic imine (C=N–C) groups is 1. The monoisotopic (exact) mass is 556 g/mol. The van der Waals surface area contributed by atoms with Crippen molar-refractivity contribution in [3.8, 4) is 11.5 Å². The summed E-state index contributed by atoms with van der Waals surface area (Å²) in [6.45, 7) is 2.53. The van der Waals surface area contributed by atoms with Gasteiger partial charge < -0.3 is 14.6 Å². The number of halogens is 2. The summed E-state index contributed by atoms with van der Waals surface area (Å²) in [5.74, 6) is -0.424. The van der Waals surface area contributed by atoms with E-state index in [4.69, 9.17) is 32.7 Å². The fraction of sp³-hybridized carbons (Fsp3) is 0.148. The summed E-state index contributed by atoms with van der Waals surface area (Å²) in [5.41, 5.74) is 2.13. The number of amides is 1. The van der Waals surface area contributed by atoms with Crippen molar-refractivity contribution < 1.29 is 24.2 Å². The van der Waals surface area contributed by atoms with Crippen LogP contribution in [0.25, 0.3) is 6.08 Å². The molecule has 4 rings (SSSR count). The molecule has 1 aliphatic heterocycles. The van der Waals surface area contributed by atoms with Gasteiger partial charge in [0.2, 0.25) is 0 Å². The minimum absolute atomic E-state index is 0.117. The van der Waals surface area contributed by atoms with Crippen molar-refractivity contribution in [2.24, 2.45) is 4.99 Å². The van der Waals surface area contributed by atoms with Crippen molar-refractivity contribution >= 4 is 63.8 Å². The fourth-order valence-electron chi connectivity index (χ4n) is 3.43. The molecule has 0 aliphatic carbocycles. The molecule has 0 spiro atoms. The third kappa shape index (κ3) is 6.46. The third-order valence-corrected chi connectivity index (χ3v) is 6.84. The lowest BCUT2D eigenvalue weighted by Crippen LogP contribution is -2.23. The maximum absolute atomic E-state index is 12.9. The van der Waals surface area contributed by atoms with Gasteiger partial charge in [0.15, 0.2) is 16.7 Å². The molecule has 1 aliphatic rings. The highest BCUT2D eigenvalue weighted by Gasteiger charge is 2.30. The van der Waals surface area contributed by atoms with E-state index in [1.807, 2.05) is 19.1 Å². The van der Waals surface area contributed by atoms with Crippen molar-refractivity contribution in [3.63, 3.8) is 0 Å². The van der Waals surface area contributed by atoms with Gasteiger partial charge >= 0.3 is 5.97 Å². The molecule has 0 bridgehead atoms. The first-order valence-corrected chi connectivity index (χ1v) is 12.8. The minimum atomic E-state index is -1.05. The number of benzene rings is 3. The fourth-order valence-corrected chi connectivity index (χ4v) is 4.82. The van der Waals surface area contributed by atoms with Crippen molar-refractivity contribution in [1.82, 2.24) is 4.90 Å². The molecular weight excluding hydrogens is 535 g/mol. The molecule has 1 fully saturated rings. The standard InChI is InChI=1S/C27H22Cl2N2O5S/c1-3-35-22-12-17(11-21(29)24(22)36-15-16-7-9-19(28)10-8-16)13-23-25(32)31(2)27(37-23)30-20-6-4-5-18(14-20)26(33)34/h4-14H,3,15H2,1-2H3,(H,33,34). The van der Waals surface area contributed by atoms with Gasteiger partial charge in [0.1, 0.15) is 6.61 Å². The topological polar surface area (TPSA) is 88.4 Å². The molecule has 10 heteroatoms. The number of carboxylic acid groups (broad SMARTS) is 1. The van der Waals surface area contributed by atoms with Crippen LogP contribution >= 0.6 is 35.0 Å². The lowest BCUT2D eigenvalue weighted by Gasteiger charge is -2.15. The molecule has 0 saturated carbocycles. The van der Waals surface area contributed by atoms with Crippen LogP contribution < -0.4 is 9.47 Å². The molecular formula is C27H22Cl2N2O5S. The molecule has 1 heterocycles. The Morgan fingerprint density at radius 2 is 1.86 bits per heavy atom. The maximum Gasteiger partial charge on any atom is 0.335 e. The van der Waals surface area contributed by atoms with Gasteiger partial charge in [-0.05, 0) is 78.4 Å². The highest BCUT2D eigenvalue weighted by Crippen LogP contribution is 2.40. The Labute approximate surface area is 228 Å². The van der Waals surface area contributed by atoms with Crippen LogP contribution in [0.4, 0.5) is 5.69 Å². The zero-order valence-electron chi connectivity index (χ0n) is 19.9. The van der Waals surface area contributed by atoms with Gasteiger partial charge in [-0.1, -0.05) is 41.4 Å². The molecule has 3 aromatic carbocycles. The minimum Gasteiger partial charge on any atom is -0.490 e. The Bertz CT molecular complexity index is 1410. The zero-order valence-corrected chi connectivity index (χ0v) is 22.2. The van der Waals surface area contributed by atoms with Gasteiger partial charge in [0.25, 0.3) is 5.91 Å². The summed E-state index contributed by atoms with van der Waals surface area (Å²) in [6, 6.07) is 17.0. The van der Waals surface area contributed by atoms with Gasteiger partial charge in [0.05, 0.1) is 27.8 Å². The summed E-state index contributed by atoms with van der Waals surface area (Å²) in [5, 5.41) is 10.6. The smallest absolute Gasteiger partial charge is 0.335 e. The van der Waals surface area contributed by atoms with Crippen molar-refractivity contribution in [2.75, 3.05) is 13.7 Å². The maximum atomic E-state index is 12.9. The van der Waals surface area contributed by atoms with Crippen LogP contribution in [0, 0.1) is 0 Å². The van der Waals surface area contributed by atoms with Crippen LogP contribution in [-0.2, 0) is 11.4 Å². The Hall–Kier alpha value is -3.46. The molecule has 3 aromatic rings. The van der Waals surface area contributed by atoms with E-state index >= 15 is 0 Å². The molecule has 0 aromatic heterocycles. The van der Waals surface area contributed by atoms with Crippen LogP contribution in [0.15, 0.2) is 70.6 Å². The van der Waals surface area contributed by atoms with Gasteiger partial charge in [-0.15, -0.1) is 0 Å². The lowest BCUT2D eigenvalue weighted by atomic mass is 10.1. The highest BCUT2D eigenvalue weighted by atomic mass is 35.5. The van der Waals surface area contributed by atoms with E-state index < -0.39 is 5.97 Å². The van der Waals surface area contributed by atoms with E-state index in [1.54, 1.807) is 49.5 Å². The number of aromatic carboxylic acids is 1. The number of carbonyl (C=O) groups excluding carboxylic acids is 1. The number of thioether (sulfide) groups is 1. The number of hydrogen-bond donors (Lipinski definition) is 1. The number of carbonyl (C=O) groups is 2. The van der Waals surface area contributed by atoms with Crippen LogP contribution in [0.2, 0.25) is 10.0 Å². The number of amidine groups is 1. The van der Waals surface area contributed by atoms with E-state index in [9.17, 15) is 14.7 Å². The molecule has 0 radical (unpaired) electrons. The number of nitrogens with zero attached hydrogens (tertiary/aromatic N) is 2. The van der Waals surface area contributed by atoms with E-state index in [0.29, 0.717) is 49.5 Å². The predicted molar refractivity (Wildman–Crippen MR) is 147 cm³/mol. The Morgan fingerprint density at radius 3 is 2.57 bits per heavy atom. The van der Waals surface area contributed by atoms with Gasteiger partial charge in [-0.2, -0.15) is 0 Å². The SMILES string of the molecule is CCOc1cc(C=C2SC(=Nc3cccc(C(=O)O)c3)N(C)C2=O)cc(Cl)c1OCc1ccc(Cl)cc1. The molecule has 7 nitrogen and oxygen atoms in total. The van der Waals surface area contributed by atoms with E-state index in [0.717, 1.165) is 5.56 Å². The number of likely N-dealkylation sites (N-methyl/N-ethyl adjacent to an activating group) is 1. The second-order valence-corrected chi connectivity index (χ2v) is 9.76. The normalized spacial score (nSPS) is 15.5. The number of ether oxygens (including phenoxy) is 2. The molecule has 190 valence electrons. The molecule has 37 heavy (non-hydrogen) atoms. The second kappa shape index (κ2) is 11.7. The van der Waals surface area contributed by atoms with E-state index in [2.05, 4.69) is 4.99 Å². The van der Waals surface area contributed by atoms with Crippen LogP contribution in [0.3, 0.4) is 0 Å². The van der Waals surface area contributed by atoms with Gasteiger partial charge in [-0.25, -0.2) is 9.79 Å². The number of carboxylic acids is 1. The largest absolute Gasteiger partial charge is 0.490 e. The Balaban J connectivity index is 1.59.